The van der Waals surface area contributed by atoms with Crippen molar-refractivity contribution in [3.8, 4) is 0 Å². The van der Waals surface area contributed by atoms with Gasteiger partial charge in [0, 0.05) is 30.5 Å². The van der Waals surface area contributed by atoms with Crippen LogP contribution in [0.1, 0.15) is 26.7 Å². The van der Waals surface area contributed by atoms with E-state index in [0.717, 1.165) is 13.0 Å². The first-order valence-electron chi connectivity index (χ1n) is 5.94. The van der Waals surface area contributed by atoms with E-state index in [4.69, 9.17) is 0 Å². The van der Waals surface area contributed by atoms with Crippen LogP contribution in [0.4, 0.5) is 24.7 Å². The lowest BCUT2D eigenvalue weighted by Gasteiger charge is -2.17. The first-order chi connectivity index (χ1) is 8.40. The highest BCUT2D eigenvalue weighted by molar-refractivity contribution is 5.52. The second-order valence-electron chi connectivity index (χ2n) is 4.22. The summed E-state index contributed by atoms with van der Waals surface area (Å²) in [6.45, 7) is 4.32. The molecule has 0 spiro atoms. The van der Waals surface area contributed by atoms with Crippen molar-refractivity contribution in [3.05, 3.63) is 18.3 Å². The maximum atomic E-state index is 12.2. The summed E-state index contributed by atoms with van der Waals surface area (Å²) in [5, 5.41) is 5.90. The van der Waals surface area contributed by atoms with Crippen molar-refractivity contribution in [3.63, 3.8) is 0 Å². The maximum Gasteiger partial charge on any atom is 0.391 e. The van der Waals surface area contributed by atoms with Crippen molar-refractivity contribution in [2.24, 2.45) is 0 Å². The van der Waals surface area contributed by atoms with Crippen LogP contribution in [0.5, 0.6) is 0 Å². The molecule has 0 saturated carbocycles. The molecule has 1 aromatic rings. The minimum Gasteiger partial charge on any atom is -0.382 e. The molecule has 0 aliphatic rings. The number of nitrogens with one attached hydrogen (secondary N) is 2. The van der Waals surface area contributed by atoms with Crippen LogP contribution >= 0.6 is 0 Å². The lowest BCUT2D eigenvalue weighted by Crippen LogP contribution is -2.23. The molecular weight excluding hydrogens is 243 g/mol. The lowest BCUT2D eigenvalue weighted by atomic mass is 10.2. The summed E-state index contributed by atoms with van der Waals surface area (Å²) in [6, 6.07) is 2.71. The molecule has 18 heavy (non-hydrogen) atoms. The predicted octanol–water partition coefficient (Wildman–Crippen LogP) is 3.66. The van der Waals surface area contributed by atoms with E-state index in [2.05, 4.69) is 15.6 Å². The van der Waals surface area contributed by atoms with Gasteiger partial charge in [-0.1, -0.05) is 6.92 Å². The van der Waals surface area contributed by atoms with Crippen molar-refractivity contribution < 1.29 is 13.2 Å². The summed E-state index contributed by atoms with van der Waals surface area (Å²) in [7, 11) is 0. The third-order valence-electron chi connectivity index (χ3n) is 2.27. The van der Waals surface area contributed by atoms with Crippen molar-refractivity contribution in [2.75, 3.05) is 17.2 Å². The first-order valence-corrected chi connectivity index (χ1v) is 5.94. The molecular formula is C12H18F3N3. The monoisotopic (exact) mass is 261 g/mol. The smallest absolute Gasteiger partial charge is 0.382 e. The highest BCUT2D eigenvalue weighted by atomic mass is 19.4. The Hall–Kier alpha value is -1.46. The van der Waals surface area contributed by atoms with Gasteiger partial charge < -0.3 is 10.6 Å². The van der Waals surface area contributed by atoms with E-state index in [1.165, 1.54) is 6.92 Å². The summed E-state index contributed by atoms with van der Waals surface area (Å²) in [5.41, 5.74) is 0.639. The molecule has 0 amide bonds. The summed E-state index contributed by atoms with van der Waals surface area (Å²) < 4.78 is 36.6. The van der Waals surface area contributed by atoms with Gasteiger partial charge in [-0.05, 0) is 19.4 Å². The molecule has 0 radical (unpaired) electrons. The van der Waals surface area contributed by atoms with Gasteiger partial charge in [-0.25, -0.2) is 4.98 Å². The third kappa shape index (κ3) is 5.75. The highest BCUT2D eigenvalue weighted by Crippen LogP contribution is 2.23. The van der Waals surface area contributed by atoms with Crippen LogP contribution in [0, 0.1) is 0 Å². The Kier molecular flexibility index (Phi) is 5.25. The Morgan fingerprint density at radius 1 is 1.39 bits per heavy atom. The summed E-state index contributed by atoms with van der Waals surface area (Å²) >= 11 is 0. The molecule has 0 aromatic carbocycles. The number of pyridine rings is 1. The molecule has 0 bridgehead atoms. The molecule has 1 unspecified atom stereocenters. The molecule has 0 saturated heterocycles. The first kappa shape index (κ1) is 14.6. The Balaban J connectivity index is 2.56. The Morgan fingerprint density at radius 2 is 2.11 bits per heavy atom. The molecule has 1 aromatic heterocycles. The fraction of sp³-hybridized carbons (Fsp3) is 0.583. The van der Waals surface area contributed by atoms with Gasteiger partial charge in [-0.15, -0.1) is 0 Å². The number of halogens is 3. The molecule has 1 rings (SSSR count). The largest absolute Gasteiger partial charge is 0.391 e. The maximum absolute atomic E-state index is 12.2. The van der Waals surface area contributed by atoms with E-state index >= 15 is 0 Å². The van der Waals surface area contributed by atoms with E-state index in [0.29, 0.717) is 11.5 Å². The highest BCUT2D eigenvalue weighted by Gasteiger charge is 2.29. The van der Waals surface area contributed by atoms with Gasteiger partial charge in [0.1, 0.15) is 5.82 Å². The molecule has 102 valence electrons. The Bertz CT molecular complexity index is 366. The average Bonchev–Trinajstić information content (AvgIpc) is 2.24. The van der Waals surface area contributed by atoms with Crippen LogP contribution in [0.25, 0.3) is 0 Å². The molecule has 6 heteroatoms. The second kappa shape index (κ2) is 6.47. The van der Waals surface area contributed by atoms with Gasteiger partial charge in [-0.3, -0.25) is 0 Å². The van der Waals surface area contributed by atoms with Crippen LogP contribution in [-0.4, -0.2) is 23.7 Å². The molecule has 1 atom stereocenters. The normalized spacial score (nSPS) is 13.2. The van der Waals surface area contributed by atoms with Crippen LogP contribution < -0.4 is 10.6 Å². The van der Waals surface area contributed by atoms with E-state index in [1.807, 2.05) is 6.92 Å². The summed E-state index contributed by atoms with van der Waals surface area (Å²) in [4.78, 5) is 4.09. The van der Waals surface area contributed by atoms with Crippen LogP contribution in [0.15, 0.2) is 18.3 Å². The zero-order valence-electron chi connectivity index (χ0n) is 10.5. The van der Waals surface area contributed by atoms with Gasteiger partial charge >= 0.3 is 6.18 Å². The van der Waals surface area contributed by atoms with Crippen molar-refractivity contribution in [1.29, 1.82) is 0 Å². The van der Waals surface area contributed by atoms with Crippen molar-refractivity contribution in [2.45, 2.75) is 38.9 Å². The number of hydrogen-bond acceptors (Lipinski definition) is 3. The second-order valence-corrected chi connectivity index (χ2v) is 4.22. The van der Waals surface area contributed by atoms with Crippen LogP contribution in [-0.2, 0) is 0 Å². The number of nitrogens with zero attached hydrogens (tertiary/aromatic N) is 1. The number of anilines is 2. The van der Waals surface area contributed by atoms with Crippen LogP contribution in [0.3, 0.4) is 0 Å². The number of alkyl halides is 3. The quantitative estimate of drug-likeness (QED) is 0.820. The minimum absolute atomic E-state index is 0.639. The number of hydrogen-bond donors (Lipinski definition) is 2. The zero-order chi connectivity index (χ0) is 13.6. The standard InChI is InChI=1S/C12H18F3N3/c1-3-5-16-11-7-10(4-6-17-11)18-9(2)8-12(13,14)15/h4,6-7,9H,3,5,8H2,1-2H3,(H2,16,17,18). The average molecular weight is 261 g/mol. The van der Waals surface area contributed by atoms with Crippen molar-refractivity contribution >= 4 is 11.5 Å². The molecule has 1 heterocycles. The summed E-state index contributed by atoms with van der Waals surface area (Å²) in [5.74, 6) is 0.668. The van der Waals surface area contributed by atoms with E-state index < -0.39 is 18.6 Å². The van der Waals surface area contributed by atoms with Gasteiger partial charge in [-0.2, -0.15) is 13.2 Å². The zero-order valence-corrected chi connectivity index (χ0v) is 10.5. The molecule has 3 nitrogen and oxygen atoms in total. The SMILES string of the molecule is CCCNc1cc(NC(C)CC(F)(F)F)ccn1. The molecule has 2 N–H and O–H groups in total. The van der Waals surface area contributed by atoms with Gasteiger partial charge in [0.25, 0.3) is 0 Å². The van der Waals surface area contributed by atoms with E-state index in [1.54, 1.807) is 18.3 Å². The van der Waals surface area contributed by atoms with E-state index in [9.17, 15) is 13.2 Å². The van der Waals surface area contributed by atoms with E-state index in [-0.39, 0.29) is 0 Å². The molecule has 0 aliphatic heterocycles. The molecule has 0 aliphatic carbocycles. The third-order valence-corrected chi connectivity index (χ3v) is 2.27. The van der Waals surface area contributed by atoms with Crippen molar-refractivity contribution in [1.82, 2.24) is 4.98 Å². The summed E-state index contributed by atoms with van der Waals surface area (Å²) in [6.07, 6.45) is -2.47. The number of aromatic nitrogens is 1. The fourth-order valence-corrected chi connectivity index (χ4v) is 1.55. The fourth-order valence-electron chi connectivity index (χ4n) is 1.55. The van der Waals surface area contributed by atoms with Gasteiger partial charge in [0.15, 0.2) is 0 Å². The predicted molar refractivity (Wildman–Crippen MR) is 66.8 cm³/mol. The topological polar surface area (TPSA) is 37.0 Å². The number of rotatable bonds is 6. The Morgan fingerprint density at radius 3 is 2.72 bits per heavy atom. The molecule has 0 fully saturated rings. The minimum atomic E-state index is -4.15. The van der Waals surface area contributed by atoms with Crippen LogP contribution in [0.2, 0.25) is 0 Å². The Labute approximate surface area is 105 Å². The van der Waals surface area contributed by atoms with Gasteiger partial charge in [0.2, 0.25) is 0 Å². The lowest BCUT2D eigenvalue weighted by molar-refractivity contribution is -0.136. The van der Waals surface area contributed by atoms with Gasteiger partial charge in [0.05, 0.1) is 6.42 Å².